The maximum Gasteiger partial charge on any atom is 0.0299 e. The Kier molecular flexibility index (Phi) is 11.2. The zero-order valence-corrected chi connectivity index (χ0v) is 13.4. The van der Waals surface area contributed by atoms with E-state index in [1.54, 1.807) is 0 Å². The third-order valence-electron chi connectivity index (χ3n) is 3.59. The van der Waals surface area contributed by atoms with Crippen LogP contribution in [0.25, 0.3) is 0 Å². The van der Waals surface area contributed by atoms with Crippen molar-refractivity contribution in [1.29, 1.82) is 0 Å². The Balaban J connectivity index is 1.72. The fourth-order valence-corrected chi connectivity index (χ4v) is 3.04. The van der Waals surface area contributed by atoms with Crippen LogP contribution in [-0.2, 0) is 6.54 Å². The summed E-state index contributed by atoms with van der Waals surface area (Å²) in [5.74, 6) is 0. The fourth-order valence-electron chi connectivity index (χ4n) is 2.36. The van der Waals surface area contributed by atoms with E-state index in [2.05, 4.69) is 29.8 Å². The van der Waals surface area contributed by atoms with Gasteiger partial charge in [0.05, 0.1) is 0 Å². The van der Waals surface area contributed by atoms with Gasteiger partial charge in [0.1, 0.15) is 0 Å². The van der Waals surface area contributed by atoms with Crippen molar-refractivity contribution < 1.29 is 0 Å². The van der Waals surface area contributed by atoms with Gasteiger partial charge in [-0.3, -0.25) is 0 Å². The second-order valence-electron chi connectivity index (χ2n) is 5.44. The summed E-state index contributed by atoms with van der Waals surface area (Å²) >= 11 is 1.84. The lowest BCUT2D eigenvalue weighted by Crippen LogP contribution is -2.13. The van der Waals surface area contributed by atoms with Crippen molar-refractivity contribution in [2.75, 3.05) is 6.54 Å². The summed E-state index contributed by atoms with van der Waals surface area (Å²) in [6.07, 6.45) is 14.2. The van der Waals surface area contributed by atoms with Crippen LogP contribution in [-0.4, -0.2) is 6.54 Å². The van der Waals surface area contributed by atoms with Gasteiger partial charge in [-0.05, 0) is 24.4 Å². The van der Waals surface area contributed by atoms with E-state index in [-0.39, 0.29) is 0 Å². The molecular weight excluding hydrogens is 250 g/mol. The van der Waals surface area contributed by atoms with Gasteiger partial charge in [0.25, 0.3) is 0 Å². The van der Waals surface area contributed by atoms with E-state index < -0.39 is 0 Å². The van der Waals surface area contributed by atoms with Gasteiger partial charge >= 0.3 is 0 Å². The van der Waals surface area contributed by atoms with Crippen LogP contribution in [0.4, 0.5) is 0 Å². The average molecular weight is 282 g/mol. The fraction of sp³-hybridized carbons (Fsp3) is 0.765. The zero-order chi connectivity index (χ0) is 13.6. The molecule has 0 bridgehead atoms. The monoisotopic (exact) mass is 281 g/mol. The molecule has 1 aromatic rings. The Morgan fingerprint density at radius 3 is 2.11 bits per heavy atom. The van der Waals surface area contributed by atoms with Crippen molar-refractivity contribution in [3.63, 3.8) is 0 Å². The highest BCUT2D eigenvalue weighted by atomic mass is 32.1. The molecule has 110 valence electrons. The van der Waals surface area contributed by atoms with Crippen molar-refractivity contribution in [2.24, 2.45) is 0 Å². The van der Waals surface area contributed by atoms with E-state index in [0.717, 1.165) is 6.54 Å². The smallest absolute Gasteiger partial charge is 0.0299 e. The molecule has 0 amide bonds. The number of hydrogen-bond acceptors (Lipinski definition) is 2. The molecule has 1 nitrogen and oxygen atoms in total. The molecule has 0 aliphatic rings. The molecule has 0 aliphatic heterocycles. The molecule has 0 aliphatic carbocycles. The van der Waals surface area contributed by atoms with E-state index in [9.17, 15) is 0 Å². The first kappa shape index (κ1) is 16.7. The molecule has 1 aromatic heterocycles. The van der Waals surface area contributed by atoms with Crippen LogP contribution in [0.15, 0.2) is 17.5 Å². The van der Waals surface area contributed by atoms with Gasteiger partial charge in [-0.1, -0.05) is 70.8 Å². The highest BCUT2D eigenvalue weighted by Crippen LogP contribution is 2.10. The summed E-state index contributed by atoms with van der Waals surface area (Å²) in [6.45, 7) is 4.51. The standard InChI is InChI=1S/C17H31NS/c1-2-3-4-5-6-7-8-9-10-11-14-18-16-17-13-12-15-19-17/h12-13,15,18H,2-11,14,16H2,1H3. The van der Waals surface area contributed by atoms with E-state index >= 15 is 0 Å². The first-order chi connectivity index (χ1) is 9.43. The lowest BCUT2D eigenvalue weighted by Gasteiger charge is -2.04. The SMILES string of the molecule is CCCCCCCCCCCCNCc1cccs1. The second kappa shape index (κ2) is 12.7. The minimum Gasteiger partial charge on any atom is -0.312 e. The number of nitrogens with one attached hydrogen (secondary N) is 1. The third kappa shape index (κ3) is 10.1. The van der Waals surface area contributed by atoms with E-state index in [1.807, 2.05) is 11.3 Å². The summed E-state index contributed by atoms with van der Waals surface area (Å²) in [5, 5.41) is 5.67. The van der Waals surface area contributed by atoms with Crippen LogP contribution in [0, 0.1) is 0 Å². The molecule has 1 N–H and O–H groups in total. The molecule has 19 heavy (non-hydrogen) atoms. The molecule has 1 rings (SSSR count). The first-order valence-corrected chi connectivity index (χ1v) is 9.04. The lowest BCUT2D eigenvalue weighted by molar-refractivity contribution is 0.544. The van der Waals surface area contributed by atoms with Gasteiger partial charge in [-0.25, -0.2) is 0 Å². The number of unbranched alkanes of at least 4 members (excludes halogenated alkanes) is 9. The van der Waals surface area contributed by atoms with Gasteiger partial charge in [0.2, 0.25) is 0 Å². The van der Waals surface area contributed by atoms with Crippen molar-refractivity contribution in [2.45, 2.75) is 77.7 Å². The predicted octanol–water partition coefficient (Wildman–Crippen LogP) is 5.76. The van der Waals surface area contributed by atoms with Gasteiger partial charge < -0.3 is 5.32 Å². The minimum atomic E-state index is 1.05. The van der Waals surface area contributed by atoms with Crippen LogP contribution in [0.2, 0.25) is 0 Å². The Morgan fingerprint density at radius 2 is 1.53 bits per heavy atom. The summed E-state index contributed by atoms with van der Waals surface area (Å²) in [5.41, 5.74) is 0. The van der Waals surface area contributed by atoms with Crippen LogP contribution in [0.5, 0.6) is 0 Å². The average Bonchev–Trinajstić information content (AvgIpc) is 2.93. The molecule has 1 heterocycles. The number of hydrogen-bond donors (Lipinski definition) is 1. The minimum absolute atomic E-state index is 1.05. The van der Waals surface area contributed by atoms with Crippen LogP contribution >= 0.6 is 11.3 Å². The van der Waals surface area contributed by atoms with Gasteiger partial charge in [0.15, 0.2) is 0 Å². The quantitative estimate of drug-likeness (QED) is 0.453. The normalized spacial score (nSPS) is 11.0. The van der Waals surface area contributed by atoms with E-state index in [4.69, 9.17) is 0 Å². The lowest BCUT2D eigenvalue weighted by atomic mass is 10.1. The van der Waals surface area contributed by atoms with E-state index in [0.29, 0.717) is 0 Å². The molecule has 2 heteroatoms. The maximum atomic E-state index is 3.52. The topological polar surface area (TPSA) is 12.0 Å². The van der Waals surface area contributed by atoms with Gasteiger partial charge in [0, 0.05) is 11.4 Å². The second-order valence-corrected chi connectivity index (χ2v) is 6.47. The Morgan fingerprint density at radius 1 is 0.895 bits per heavy atom. The van der Waals surface area contributed by atoms with Crippen molar-refractivity contribution in [1.82, 2.24) is 5.32 Å². The van der Waals surface area contributed by atoms with Gasteiger partial charge in [-0.15, -0.1) is 11.3 Å². The summed E-state index contributed by atoms with van der Waals surface area (Å²) < 4.78 is 0. The molecular formula is C17H31NS. The van der Waals surface area contributed by atoms with Crippen molar-refractivity contribution >= 4 is 11.3 Å². The Bertz CT molecular complexity index is 269. The highest BCUT2D eigenvalue weighted by Gasteiger charge is 1.94. The molecule has 0 atom stereocenters. The molecule has 0 radical (unpaired) electrons. The van der Waals surface area contributed by atoms with Crippen molar-refractivity contribution in [3.8, 4) is 0 Å². The Hall–Kier alpha value is -0.340. The molecule has 0 fully saturated rings. The predicted molar refractivity (Wildman–Crippen MR) is 87.9 cm³/mol. The number of thiophene rings is 1. The zero-order valence-electron chi connectivity index (χ0n) is 12.6. The molecule has 0 saturated carbocycles. The third-order valence-corrected chi connectivity index (χ3v) is 4.46. The molecule has 0 unspecified atom stereocenters. The summed E-state index contributed by atoms with van der Waals surface area (Å²) in [7, 11) is 0. The van der Waals surface area contributed by atoms with Crippen LogP contribution in [0.1, 0.15) is 76.0 Å². The highest BCUT2D eigenvalue weighted by molar-refractivity contribution is 7.09. The summed E-state index contributed by atoms with van der Waals surface area (Å²) in [4.78, 5) is 1.45. The molecule has 0 spiro atoms. The van der Waals surface area contributed by atoms with Crippen LogP contribution in [0.3, 0.4) is 0 Å². The maximum absolute atomic E-state index is 3.52. The van der Waals surface area contributed by atoms with Crippen LogP contribution < -0.4 is 5.32 Å². The number of rotatable bonds is 13. The molecule has 0 aromatic carbocycles. The van der Waals surface area contributed by atoms with E-state index in [1.165, 1.54) is 75.6 Å². The first-order valence-electron chi connectivity index (χ1n) is 8.16. The Labute approximate surface area is 123 Å². The van der Waals surface area contributed by atoms with Gasteiger partial charge in [-0.2, -0.15) is 0 Å². The summed E-state index contributed by atoms with van der Waals surface area (Å²) in [6, 6.07) is 4.33. The van der Waals surface area contributed by atoms with Crippen molar-refractivity contribution in [3.05, 3.63) is 22.4 Å². The molecule has 0 saturated heterocycles. The largest absolute Gasteiger partial charge is 0.312 e.